The van der Waals surface area contributed by atoms with Crippen molar-refractivity contribution in [2.45, 2.75) is 45.6 Å². The van der Waals surface area contributed by atoms with E-state index in [0.717, 1.165) is 56.2 Å². The zero-order valence-corrected chi connectivity index (χ0v) is 17.3. The number of nitrogens with zero attached hydrogens (tertiary/aromatic N) is 4. The van der Waals surface area contributed by atoms with E-state index in [0.29, 0.717) is 6.54 Å². The van der Waals surface area contributed by atoms with Gasteiger partial charge in [-0.05, 0) is 56.7 Å². The van der Waals surface area contributed by atoms with Gasteiger partial charge >= 0.3 is 0 Å². The number of amides is 1. The molecule has 2 saturated heterocycles. The Morgan fingerprint density at radius 3 is 2.24 bits per heavy atom. The predicted octanol–water partition coefficient (Wildman–Crippen LogP) is 3.31. The molecule has 0 spiro atoms. The van der Waals surface area contributed by atoms with Crippen molar-refractivity contribution in [3.63, 3.8) is 0 Å². The van der Waals surface area contributed by atoms with Gasteiger partial charge in [0.05, 0.1) is 0 Å². The van der Waals surface area contributed by atoms with Gasteiger partial charge in [-0.3, -0.25) is 4.79 Å². The highest BCUT2D eigenvalue weighted by atomic mass is 16.1. The van der Waals surface area contributed by atoms with Crippen molar-refractivity contribution in [1.29, 1.82) is 0 Å². The van der Waals surface area contributed by atoms with Gasteiger partial charge in [0.2, 0.25) is 5.91 Å². The minimum atomic E-state index is 0.0802. The van der Waals surface area contributed by atoms with E-state index in [4.69, 9.17) is 0 Å². The maximum absolute atomic E-state index is 12.6. The number of aryl methyl sites for hydroxylation is 1. The minimum absolute atomic E-state index is 0.0802. The molecule has 2 aromatic rings. The van der Waals surface area contributed by atoms with Crippen LogP contribution in [-0.2, 0) is 11.3 Å². The molecule has 0 aliphatic carbocycles. The lowest BCUT2D eigenvalue weighted by Gasteiger charge is -2.32. The molecule has 0 radical (unpaired) electrons. The van der Waals surface area contributed by atoms with Gasteiger partial charge in [-0.15, -0.1) is 10.2 Å². The first-order chi connectivity index (χ1) is 14.2. The number of anilines is 2. The molecular formula is C23H31N5O. The highest BCUT2D eigenvalue weighted by Crippen LogP contribution is 2.24. The first-order valence-electron chi connectivity index (χ1n) is 10.9. The van der Waals surface area contributed by atoms with Crippen LogP contribution in [0.25, 0.3) is 0 Å². The molecule has 1 amide bonds. The zero-order chi connectivity index (χ0) is 20.1. The molecule has 3 heterocycles. The van der Waals surface area contributed by atoms with E-state index in [1.54, 1.807) is 0 Å². The fraction of sp³-hybridized carbons (Fsp3) is 0.522. The van der Waals surface area contributed by atoms with Crippen LogP contribution in [0.4, 0.5) is 11.6 Å². The summed E-state index contributed by atoms with van der Waals surface area (Å²) in [4.78, 5) is 17.1. The summed E-state index contributed by atoms with van der Waals surface area (Å²) >= 11 is 0. The number of rotatable bonds is 5. The molecule has 0 unspecified atom stereocenters. The fourth-order valence-electron chi connectivity index (χ4n) is 4.30. The summed E-state index contributed by atoms with van der Waals surface area (Å²) < 4.78 is 0. The maximum atomic E-state index is 12.6. The molecule has 0 bridgehead atoms. The third-order valence-electron chi connectivity index (χ3n) is 6.06. The first-order valence-corrected chi connectivity index (χ1v) is 10.9. The number of carbonyl (C=O) groups excluding carboxylic acids is 1. The molecule has 1 aromatic heterocycles. The van der Waals surface area contributed by atoms with Crippen LogP contribution in [0, 0.1) is 12.8 Å². The molecule has 2 aliphatic heterocycles. The molecule has 0 saturated carbocycles. The lowest BCUT2D eigenvalue weighted by Crippen LogP contribution is -2.40. The summed E-state index contributed by atoms with van der Waals surface area (Å²) in [5.41, 5.74) is 2.37. The largest absolute Gasteiger partial charge is 0.355 e. The van der Waals surface area contributed by atoms with Crippen LogP contribution in [0.5, 0.6) is 0 Å². The number of hydrogen-bond donors (Lipinski definition) is 1. The van der Waals surface area contributed by atoms with Crippen LogP contribution in [0.1, 0.15) is 43.2 Å². The Labute approximate surface area is 173 Å². The number of carbonyl (C=O) groups is 1. The zero-order valence-electron chi connectivity index (χ0n) is 17.3. The fourth-order valence-corrected chi connectivity index (χ4v) is 4.30. The predicted molar refractivity (Wildman–Crippen MR) is 116 cm³/mol. The summed E-state index contributed by atoms with van der Waals surface area (Å²) in [6.07, 6.45) is 5.51. The molecule has 1 aromatic carbocycles. The number of hydrogen-bond acceptors (Lipinski definition) is 5. The third kappa shape index (κ3) is 5.05. The second-order valence-electron chi connectivity index (χ2n) is 8.27. The summed E-state index contributed by atoms with van der Waals surface area (Å²) in [6.45, 7) is 6.53. The first kappa shape index (κ1) is 19.7. The van der Waals surface area contributed by atoms with Crippen molar-refractivity contribution in [3.8, 4) is 0 Å². The van der Waals surface area contributed by atoms with Crippen molar-refractivity contribution in [3.05, 3.63) is 47.5 Å². The summed E-state index contributed by atoms with van der Waals surface area (Å²) in [6, 6.07) is 12.5. The van der Waals surface area contributed by atoms with E-state index in [1.807, 2.05) is 6.07 Å². The lowest BCUT2D eigenvalue weighted by molar-refractivity contribution is -0.125. The number of aromatic nitrogens is 2. The Morgan fingerprint density at radius 1 is 0.966 bits per heavy atom. The molecule has 2 aliphatic rings. The van der Waals surface area contributed by atoms with Gasteiger partial charge in [0.1, 0.15) is 0 Å². The second kappa shape index (κ2) is 9.25. The molecule has 6 nitrogen and oxygen atoms in total. The van der Waals surface area contributed by atoms with E-state index < -0.39 is 0 Å². The van der Waals surface area contributed by atoms with Crippen LogP contribution in [0.3, 0.4) is 0 Å². The normalized spacial score (nSPS) is 18.0. The topological polar surface area (TPSA) is 61.4 Å². The summed E-state index contributed by atoms with van der Waals surface area (Å²) in [5, 5.41) is 12.0. The van der Waals surface area contributed by atoms with E-state index >= 15 is 0 Å². The standard InChI is InChI=1S/C23H31N5O/c1-18-6-5-7-19(16-18)17-24-23(29)20-10-14-28(15-11-20)22-9-8-21(25-26-22)27-12-3-2-4-13-27/h5-9,16,20H,2-4,10-15,17H2,1H3,(H,24,29). The van der Waals surface area contributed by atoms with Crippen LogP contribution >= 0.6 is 0 Å². The molecular weight excluding hydrogens is 362 g/mol. The average Bonchev–Trinajstić information content (AvgIpc) is 2.78. The summed E-state index contributed by atoms with van der Waals surface area (Å²) in [7, 11) is 0. The van der Waals surface area contributed by atoms with Crippen molar-refractivity contribution >= 4 is 17.5 Å². The highest BCUT2D eigenvalue weighted by Gasteiger charge is 2.25. The van der Waals surface area contributed by atoms with Crippen LogP contribution in [-0.4, -0.2) is 42.3 Å². The minimum Gasteiger partial charge on any atom is -0.355 e. The molecule has 1 N–H and O–H groups in total. The Bertz CT molecular complexity index is 808. The van der Waals surface area contributed by atoms with Crippen LogP contribution < -0.4 is 15.1 Å². The van der Waals surface area contributed by atoms with Gasteiger partial charge in [-0.1, -0.05) is 29.8 Å². The van der Waals surface area contributed by atoms with E-state index in [-0.39, 0.29) is 11.8 Å². The van der Waals surface area contributed by atoms with Crippen molar-refractivity contribution in [2.24, 2.45) is 5.92 Å². The van der Waals surface area contributed by atoms with Crippen molar-refractivity contribution < 1.29 is 4.79 Å². The lowest BCUT2D eigenvalue weighted by atomic mass is 9.96. The van der Waals surface area contributed by atoms with Crippen molar-refractivity contribution in [2.75, 3.05) is 36.0 Å². The van der Waals surface area contributed by atoms with Gasteiger partial charge in [-0.2, -0.15) is 0 Å². The van der Waals surface area contributed by atoms with Crippen LogP contribution in [0.2, 0.25) is 0 Å². The maximum Gasteiger partial charge on any atom is 0.223 e. The number of benzene rings is 1. The highest BCUT2D eigenvalue weighted by molar-refractivity contribution is 5.79. The Kier molecular flexibility index (Phi) is 6.27. The Balaban J connectivity index is 1.26. The quantitative estimate of drug-likeness (QED) is 0.844. The Morgan fingerprint density at radius 2 is 1.62 bits per heavy atom. The van der Waals surface area contributed by atoms with Gasteiger partial charge in [0, 0.05) is 38.6 Å². The van der Waals surface area contributed by atoms with Gasteiger partial charge in [-0.25, -0.2) is 0 Å². The van der Waals surface area contributed by atoms with Gasteiger partial charge in [0.15, 0.2) is 11.6 Å². The number of nitrogens with one attached hydrogen (secondary N) is 1. The smallest absolute Gasteiger partial charge is 0.223 e. The van der Waals surface area contributed by atoms with Gasteiger partial charge < -0.3 is 15.1 Å². The second-order valence-corrected chi connectivity index (χ2v) is 8.27. The van der Waals surface area contributed by atoms with E-state index in [1.165, 1.54) is 24.8 Å². The number of piperidine rings is 2. The molecule has 2 fully saturated rings. The van der Waals surface area contributed by atoms with E-state index in [9.17, 15) is 4.79 Å². The average molecular weight is 394 g/mol. The molecule has 4 rings (SSSR count). The van der Waals surface area contributed by atoms with E-state index in [2.05, 4.69) is 62.6 Å². The van der Waals surface area contributed by atoms with Crippen molar-refractivity contribution in [1.82, 2.24) is 15.5 Å². The monoisotopic (exact) mass is 393 g/mol. The molecule has 0 atom stereocenters. The molecule has 154 valence electrons. The molecule has 6 heteroatoms. The Hall–Kier alpha value is -2.63. The SMILES string of the molecule is Cc1cccc(CNC(=O)C2CCN(c3ccc(N4CCCCC4)nn3)CC2)c1. The summed E-state index contributed by atoms with van der Waals surface area (Å²) in [5.74, 6) is 2.15. The van der Waals surface area contributed by atoms with Crippen LogP contribution in [0.15, 0.2) is 36.4 Å². The third-order valence-corrected chi connectivity index (χ3v) is 6.06. The molecule has 29 heavy (non-hydrogen) atoms. The van der Waals surface area contributed by atoms with Gasteiger partial charge in [0.25, 0.3) is 0 Å².